The Labute approximate surface area is 134 Å². The molecule has 0 bridgehead atoms. The number of carbonyl (C=O) groups excluding carboxylic acids is 1. The van der Waals surface area contributed by atoms with Crippen molar-refractivity contribution in [3.63, 3.8) is 0 Å². The summed E-state index contributed by atoms with van der Waals surface area (Å²) in [6.45, 7) is 3.87. The van der Waals surface area contributed by atoms with Crippen LogP contribution in [0.5, 0.6) is 0 Å². The Morgan fingerprint density at radius 1 is 1.35 bits per heavy atom. The summed E-state index contributed by atoms with van der Waals surface area (Å²) in [7, 11) is 0. The first-order valence-electron chi connectivity index (χ1n) is 7.64. The summed E-state index contributed by atoms with van der Waals surface area (Å²) >= 11 is 0. The molecule has 5 heteroatoms. The summed E-state index contributed by atoms with van der Waals surface area (Å²) < 4.78 is 5.17. The Morgan fingerprint density at radius 2 is 2.17 bits per heavy atom. The number of aryl methyl sites for hydroxylation is 1. The molecule has 0 spiro atoms. The average Bonchev–Trinajstić information content (AvgIpc) is 3.15. The van der Waals surface area contributed by atoms with Crippen LogP contribution in [-0.2, 0) is 0 Å². The van der Waals surface area contributed by atoms with Crippen LogP contribution in [0.2, 0.25) is 0 Å². The summed E-state index contributed by atoms with van der Waals surface area (Å²) in [5, 5.41) is 14.0. The average molecular weight is 312 g/mol. The van der Waals surface area contributed by atoms with Crippen molar-refractivity contribution in [2.24, 2.45) is 0 Å². The van der Waals surface area contributed by atoms with E-state index < -0.39 is 6.10 Å². The standard InChI is InChI=1S/C18H20N2O3/c1-11-5-6-13-10-15(20-14(13)8-11)18(22)19-12(2)9-16(21)17-4-3-7-23-17/h3-8,10,12,16,20-21H,9H2,1-2H3,(H,19,22). The van der Waals surface area contributed by atoms with E-state index in [1.807, 2.05) is 38.1 Å². The van der Waals surface area contributed by atoms with Gasteiger partial charge in [0.1, 0.15) is 17.6 Å². The van der Waals surface area contributed by atoms with Gasteiger partial charge in [-0.05, 0) is 43.7 Å². The van der Waals surface area contributed by atoms with E-state index in [1.165, 1.54) is 6.26 Å². The smallest absolute Gasteiger partial charge is 0.267 e. The van der Waals surface area contributed by atoms with Crippen LogP contribution >= 0.6 is 0 Å². The van der Waals surface area contributed by atoms with Gasteiger partial charge in [-0.25, -0.2) is 0 Å². The minimum absolute atomic E-state index is 0.182. The Balaban J connectivity index is 1.65. The molecule has 3 aromatic rings. The normalized spacial score (nSPS) is 13.9. The van der Waals surface area contributed by atoms with Crippen LogP contribution in [0.3, 0.4) is 0 Å². The summed E-state index contributed by atoms with van der Waals surface area (Å²) in [6, 6.07) is 11.1. The zero-order chi connectivity index (χ0) is 16.4. The van der Waals surface area contributed by atoms with Crippen LogP contribution in [-0.4, -0.2) is 22.0 Å². The van der Waals surface area contributed by atoms with Gasteiger partial charge in [-0.3, -0.25) is 4.79 Å². The number of benzene rings is 1. The lowest BCUT2D eigenvalue weighted by Gasteiger charge is -2.16. The fourth-order valence-corrected chi connectivity index (χ4v) is 2.66. The third-order valence-corrected chi connectivity index (χ3v) is 3.85. The molecule has 2 aromatic heterocycles. The fraction of sp³-hybridized carbons (Fsp3) is 0.278. The number of hydrogen-bond donors (Lipinski definition) is 3. The number of hydrogen-bond acceptors (Lipinski definition) is 3. The Hall–Kier alpha value is -2.53. The Morgan fingerprint density at radius 3 is 2.91 bits per heavy atom. The molecule has 23 heavy (non-hydrogen) atoms. The Bertz CT molecular complexity index is 805. The monoisotopic (exact) mass is 312 g/mol. The number of furan rings is 1. The Kier molecular flexibility index (Phi) is 4.21. The second-order valence-electron chi connectivity index (χ2n) is 5.92. The zero-order valence-electron chi connectivity index (χ0n) is 13.2. The molecule has 0 saturated heterocycles. The number of aromatic amines is 1. The molecule has 3 N–H and O–H groups in total. The van der Waals surface area contributed by atoms with Gasteiger partial charge in [0.25, 0.3) is 5.91 Å². The minimum atomic E-state index is -0.731. The molecule has 2 atom stereocenters. The molecule has 1 aromatic carbocycles. The number of aliphatic hydroxyl groups is 1. The molecule has 1 amide bonds. The highest BCUT2D eigenvalue weighted by Crippen LogP contribution is 2.20. The number of carbonyl (C=O) groups is 1. The predicted molar refractivity (Wildman–Crippen MR) is 88.2 cm³/mol. The predicted octanol–water partition coefficient (Wildman–Crippen LogP) is 3.31. The van der Waals surface area contributed by atoms with Crippen LogP contribution < -0.4 is 5.32 Å². The number of H-pyrrole nitrogens is 1. The van der Waals surface area contributed by atoms with Gasteiger partial charge in [-0.15, -0.1) is 0 Å². The molecule has 0 aliphatic rings. The number of aliphatic hydroxyl groups excluding tert-OH is 1. The van der Waals surface area contributed by atoms with Gasteiger partial charge >= 0.3 is 0 Å². The maximum Gasteiger partial charge on any atom is 0.267 e. The first kappa shape index (κ1) is 15.4. The summed E-state index contributed by atoms with van der Waals surface area (Å²) in [4.78, 5) is 15.5. The highest BCUT2D eigenvalue weighted by atomic mass is 16.4. The molecule has 0 saturated carbocycles. The summed E-state index contributed by atoms with van der Waals surface area (Å²) in [6.07, 6.45) is 1.18. The molecule has 0 radical (unpaired) electrons. The lowest BCUT2D eigenvalue weighted by molar-refractivity contribution is 0.0899. The molecule has 120 valence electrons. The van der Waals surface area contributed by atoms with Crippen LogP contribution in [0.15, 0.2) is 47.1 Å². The lowest BCUT2D eigenvalue weighted by atomic mass is 10.1. The molecule has 0 aliphatic heterocycles. The SMILES string of the molecule is Cc1ccc2cc(C(=O)NC(C)CC(O)c3ccco3)[nH]c2c1. The van der Waals surface area contributed by atoms with Crippen molar-refractivity contribution in [3.05, 3.63) is 59.7 Å². The van der Waals surface area contributed by atoms with E-state index in [0.29, 0.717) is 17.9 Å². The molecule has 2 heterocycles. The van der Waals surface area contributed by atoms with Crippen molar-refractivity contribution in [2.75, 3.05) is 0 Å². The second-order valence-corrected chi connectivity index (χ2v) is 5.92. The van der Waals surface area contributed by atoms with Crippen LogP contribution in [0.25, 0.3) is 10.9 Å². The topological polar surface area (TPSA) is 78.3 Å². The lowest BCUT2D eigenvalue weighted by Crippen LogP contribution is -2.33. The van der Waals surface area contributed by atoms with Crippen molar-refractivity contribution in [3.8, 4) is 0 Å². The summed E-state index contributed by atoms with van der Waals surface area (Å²) in [5.74, 6) is 0.324. The number of rotatable bonds is 5. The van der Waals surface area contributed by atoms with Gasteiger partial charge in [0.05, 0.1) is 6.26 Å². The molecular formula is C18H20N2O3. The maximum absolute atomic E-state index is 12.3. The summed E-state index contributed by atoms with van der Waals surface area (Å²) in [5.41, 5.74) is 2.60. The number of fused-ring (bicyclic) bond motifs is 1. The third kappa shape index (κ3) is 3.46. The largest absolute Gasteiger partial charge is 0.467 e. The highest BCUT2D eigenvalue weighted by Gasteiger charge is 2.18. The van der Waals surface area contributed by atoms with E-state index in [-0.39, 0.29) is 11.9 Å². The maximum atomic E-state index is 12.3. The van der Waals surface area contributed by atoms with Crippen molar-refractivity contribution in [2.45, 2.75) is 32.4 Å². The van der Waals surface area contributed by atoms with E-state index in [4.69, 9.17) is 4.42 Å². The van der Waals surface area contributed by atoms with Crippen LogP contribution in [0, 0.1) is 6.92 Å². The number of nitrogens with one attached hydrogen (secondary N) is 2. The van der Waals surface area contributed by atoms with Crippen molar-refractivity contribution in [1.29, 1.82) is 0 Å². The number of amides is 1. The molecule has 0 fully saturated rings. The van der Waals surface area contributed by atoms with Crippen molar-refractivity contribution >= 4 is 16.8 Å². The third-order valence-electron chi connectivity index (χ3n) is 3.85. The van der Waals surface area contributed by atoms with Gasteiger partial charge in [0, 0.05) is 23.4 Å². The van der Waals surface area contributed by atoms with E-state index in [2.05, 4.69) is 10.3 Å². The fourth-order valence-electron chi connectivity index (χ4n) is 2.66. The van der Waals surface area contributed by atoms with Gasteiger partial charge in [0.15, 0.2) is 0 Å². The van der Waals surface area contributed by atoms with E-state index in [9.17, 15) is 9.90 Å². The molecule has 3 rings (SSSR count). The van der Waals surface area contributed by atoms with Crippen LogP contribution in [0.1, 0.15) is 41.3 Å². The van der Waals surface area contributed by atoms with E-state index in [1.54, 1.807) is 12.1 Å². The van der Waals surface area contributed by atoms with Crippen molar-refractivity contribution in [1.82, 2.24) is 10.3 Å². The molecular weight excluding hydrogens is 292 g/mol. The minimum Gasteiger partial charge on any atom is -0.467 e. The molecule has 0 aliphatic carbocycles. The highest BCUT2D eigenvalue weighted by molar-refractivity contribution is 5.98. The van der Waals surface area contributed by atoms with E-state index >= 15 is 0 Å². The van der Waals surface area contributed by atoms with Gasteiger partial charge in [0.2, 0.25) is 0 Å². The number of aromatic nitrogens is 1. The van der Waals surface area contributed by atoms with Crippen LogP contribution in [0.4, 0.5) is 0 Å². The second kappa shape index (κ2) is 6.30. The quantitative estimate of drug-likeness (QED) is 0.676. The van der Waals surface area contributed by atoms with Gasteiger partial charge in [-0.2, -0.15) is 0 Å². The first-order valence-corrected chi connectivity index (χ1v) is 7.64. The first-order chi connectivity index (χ1) is 11.0. The van der Waals surface area contributed by atoms with Gasteiger partial charge < -0.3 is 19.8 Å². The van der Waals surface area contributed by atoms with Crippen molar-refractivity contribution < 1.29 is 14.3 Å². The molecule has 2 unspecified atom stereocenters. The van der Waals surface area contributed by atoms with Gasteiger partial charge in [-0.1, -0.05) is 12.1 Å². The zero-order valence-corrected chi connectivity index (χ0v) is 13.2. The van der Waals surface area contributed by atoms with E-state index in [0.717, 1.165) is 16.5 Å². The molecule has 5 nitrogen and oxygen atoms in total.